The van der Waals surface area contributed by atoms with Gasteiger partial charge < -0.3 is 36.8 Å². The fourth-order valence-electron chi connectivity index (χ4n) is 3.54. The summed E-state index contributed by atoms with van der Waals surface area (Å²) in [4.78, 5) is 57.8. The van der Waals surface area contributed by atoms with Gasteiger partial charge in [0.2, 0.25) is 11.8 Å². The maximum atomic E-state index is 12.6. The SMILES string of the molecule is CCCCC/C=C\C\C=C/C=C/C=C/[C@@H](SC[C@H](NC(=O)CC[C@H](N)C(=O)O)C(=O)NCC(=O)O)[C@@H](O)CCCC(=O)O. The van der Waals surface area contributed by atoms with Crippen molar-refractivity contribution in [2.45, 2.75) is 94.6 Å². The number of nitrogens with two attached hydrogens (primary N) is 1. The minimum Gasteiger partial charge on any atom is -0.481 e. The van der Waals surface area contributed by atoms with Crippen LogP contribution in [0.25, 0.3) is 0 Å². The summed E-state index contributed by atoms with van der Waals surface area (Å²) in [6.45, 7) is 1.49. The highest BCUT2D eigenvalue weighted by Gasteiger charge is 2.25. The number of nitrogens with one attached hydrogen (secondary N) is 2. The second kappa shape index (κ2) is 25.1. The number of aliphatic hydroxyl groups is 1. The number of unbranched alkanes of at least 4 members (excludes halogenated alkanes) is 3. The van der Waals surface area contributed by atoms with Crippen LogP contribution in [-0.2, 0) is 24.0 Å². The van der Waals surface area contributed by atoms with Gasteiger partial charge in [0, 0.05) is 23.8 Å². The van der Waals surface area contributed by atoms with Gasteiger partial charge in [-0.25, -0.2) is 0 Å². The van der Waals surface area contributed by atoms with Gasteiger partial charge in [-0.2, -0.15) is 0 Å². The third-order valence-corrected chi connectivity index (χ3v) is 7.36. The Morgan fingerprint density at radius 3 is 2.23 bits per heavy atom. The van der Waals surface area contributed by atoms with E-state index in [2.05, 4.69) is 29.7 Å². The zero-order valence-electron chi connectivity index (χ0n) is 24.7. The van der Waals surface area contributed by atoms with Crippen LogP contribution in [0.4, 0.5) is 0 Å². The molecular weight excluding hydrogens is 578 g/mol. The van der Waals surface area contributed by atoms with Gasteiger partial charge in [-0.3, -0.25) is 24.0 Å². The molecule has 0 aromatic rings. The van der Waals surface area contributed by atoms with Crippen molar-refractivity contribution in [2.75, 3.05) is 12.3 Å². The first kappa shape index (κ1) is 39.6. The Bertz CT molecular complexity index is 982. The van der Waals surface area contributed by atoms with E-state index in [1.807, 2.05) is 18.2 Å². The van der Waals surface area contributed by atoms with E-state index >= 15 is 0 Å². The maximum Gasteiger partial charge on any atom is 0.322 e. The number of hydrogen-bond donors (Lipinski definition) is 7. The van der Waals surface area contributed by atoms with Gasteiger partial charge in [0.15, 0.2) is 0 Å². The number of hydrogen-bond acceptors (Lipinski definition) is 8. The van der Waals surface area contributed by atoms with Gasteiger partial charge in [-0.05, 0) is 38.5 Å². The largest absolute Gasteiger partial charge is 0.481 e. The van der Waals surface area contributed by atoms with Crippen molar-refractivity contribution in [3.05, 3.63) is 48.6 Å². The fourth-order valence-corrected chi connectivity index (χ4v) is 4.75. The van der Waals surface area contributed by atoms with E-state index < -0.39 is 59.7 Å². The number of carboxylic acid groups (broad SMARTS) is 3. The maximum absolute atomic E-state index is 12.6. The molecular formula is C30H47N3O9S. The molecule has 0 heterocycles. The molecule has 4 atom stereocenters. The number of amides is 2. The van der Waals surface area contributed by atoms with Crippen LogP contribution in [0.15, 0.2) is 48.6 Å². The molecule has 0 aromatic heterocycles. The minimum atomic E-state index is -1.28. The topological polar surface area (TPSA) is 216 Å². The second-order valence-corrected chi connectivity index (χ2v) is 11.0. The van der Waals surface area contributed by atoms with Crippen molar-refractivity contribution >= 4 is 41.5 Å². The molecule has 0 rings (SSSR count). The normalized spacial score (nSPS) is 14.7. The second-order valence-electron chi connectivity index (χ2n) is 9.77. The molecule has 13 heteroatoms. The van der Waals surface area contributed by atoms with Crippen molar-refractivity contribution in [3.8, 4) is 0 Å². The molecule has 12 nitrogen and oxygen atoms in total. The Balaban J connectivity index is 5.38. The van der Waals surface area contributed by atoms with Crippen LogP contribution in [0.2, 0.25) is 0 Å². The lowest BCUT2D eigenvalue weighted by Gasteiger charge is -2.23. The highest BCUT2D eigenvalue weighted by atomic mass is 32.2. The molecule has 0 aliphatic rings. The van der Waals surface area contributed by atoms with Crippen LogP contribution >= 0.6 is 11.8 Å². The molecule has 0 saturated carbocycles. The van der Waals surface area contributed by atoms with Crippen LogP contribution in [0, 0.1) is 0 Å². The van der Waals surface area contributed by atoms with Crippen molar-refractivity contribution in [1.29, 1.82) is 0 Å². The number of aliphatic carboxylic acids is 3. The van der Waals surface area contributed by atoms with Crippen molar-refractivity contribution in [3.63, 3.8) is 0 Å². The lowest BCUT2D eigenvalue weighted by molar-refractivity contribution is -0.139. The van der Waals surface area contributed by atoms with Gasteiger partial charge in [-0.15, -0.1) is 11.8 Å². The Morgan fingerprint density at radius 2 is 1.58 bits per heavy atom. The molecule has 0 saturated heterocycles. The summed E-state index contributed by atoms with van der Waals surface area (Å²) >= 11 is 1.13. The summed E-state index contributed by atoms with van der Waals surface area (Å²) in [5, 5.41) is 41.6. The third-order valence-electron chi connectivity index (χ3n) is 5.97. The van der Waals surface area contributed by atoms with E-state index in [1.54, 1.807) is 18.2 Å². The van der Waals surface area contributed by atoms with Gasteiger partial charge in [0.25, 0.3) is 0 Å². The molecule has 2 amide bonds. The zero-order valence-corrected chi connectivity index (χ0v) is 25.5. The van der Waals surface area contributed by atoms with E-state index in [1.165, 1.54) is 19.3 Å². The van der Waals surface area contributed by atoms with E-state index in [9.17, 15) is 29.1 Å². The molecule has 0 unspecified atom stereocenters. The van der Waals surface area contributed by atoms with Gasteiger partial charge in [0.05, 0.1) is 6.10 Å². The molecule has 43 heavy (non-hydrogen) atoms. The highest BCUT2D eigenvalue weighted by molar-refractivity contribution is 8.00. The molecule has 0 aliphatic heterocycles. The monoisotopic (exact) mass is 625 g/mol. The molecule has 0 bridgehead atoms. The molecule has 0 fully saturated rings. The average molecular weight is 626 g/mol. The minimum absolute atomic E-state index is 0.0542. The van der Waals surface area contributed by atoms with E-state index in [0.29, 0.717) is 0 Å². The predicted octanol–water partition coefficient (Wildman–Crippen LogP) is 2.78. The van der Waals surface area contributed by atoms with Crippen LogP contribution < -0.4 is 16.4 Å². The fraction of sp³-hybridized carbons (Fsp3) is 0.567. The summed E-state index contributed by atoms with van der Waals surface area (Å²) in [5.74, 6) is -5.01. The van der Waals surface area contributed by atoms with Crippen LogP contribution in [-0.4, -0.2) is 85.9 Å². The van der Waals surface area contributed by atoms with Crippen LogP contribution in [0.1, 0.15) is 71.1 Å². The molecule has 8 N–H and O–H groups in total. The van der Waals surface area contributed by atoms with E-state index in [-0.39, 0.29) is 37.9 Å². The van der Waals surface area contributed by atoms with Gasteiger partial charge >= 0.3 is 17.9 Å². The molecule has 0 radical (unpaired) electrons. The highest BCUT2D eigenvalue weighted by Crippen LogP contribution is 2.22. The average Bonchev–Trinajstić information content (AvgIpc) is 2.95. The number of rotatable bonds is 25. The zero-order chi connectivity index (χ0) is 32.5. The number of carboxylic acids is 3. The molecule has 242 valence electrons. The number of carbonyl (C=O) groups excluding carboxylic acids is 2. The first-order valence-electron chi connectivity index (χ1n) is 14.4. The lowest BCUT2D eigenvalue weighted by atomic mass is 10.1. The Morgan fingerprint density at radius 1 is 0.860 bits per heavy atom. The van der Waals surface area contributed by atoms with Crippen molar-refractivity contribution < 1.29 is 44.4 Å². The Kier molecular flexibility index (Phi) is 23.1. The molecule has 0 aliphatic carbocycles. The van der Waals surface area contributed by atoms with Crippen LogP contribution in [0.5, 0.6) is 0 Å². The number of carbonyl (C=O) groups is 5. The summed E-state index contributed by atoms with van der Waals surface area (Å²) in [6.07, 6.45) is 19.5. The Labute approximate surface area is 257 Å². The Hall–Kier alpha value is -3.42. The summed E-state index contributed by atoms with van der Waals surface area (Å²) in [5.41, 5.74) is 5.43. The van der Waals surface area contributed by atoms with Gasteiger partial charge in [-0.1, -0.05) is 68.4 Å². The number of thioether (sulfide) groups is 1. The van der Waals surface area contributed by atoms with Crippen LogP contribution in [0.3, 0.4) is 0 Å². The van der Waals surface area contributed by atoms with Crippen molar-refractivity contribution in [2.24, 2.45) is 5.73 Å². The van der Waals surface area contributed by atoms with Gasteiger partial charge in [0.1, 0.15) is 18.6 Å². The molecule has 0 spiro atoms. The quantitative estimate of drug-likeness (QED) is 0.0444. The summed E-state index contributed by atoms with van der Waals surface area (Å²) in [7, 11) is 0. The first-order valence-corrected chi connectivity index (χ1v) is 15.5. The molecule has 0 aromatic carbocycles. The standard InChI is InChI=1S/C30H47N3O9S/c1-2-3-4-5-6-7-8-9-10-11-12-13-16-25(24(34)15-14-17-27(36)37)43-21-23(29(40)32-20-28(38)39)33-26(35)19-18-22(31)30(41)42/h6-7,9-13,16,22-25,34H,2-5,8,14-15,17-21,31H2,1H3,(H,32,40)(H,33,35)(H,36,37)(H,38,39)(H,41,42)/b7-6-,10-9-,12-11+,16-13+/t22-,23-,24-,25+/m0/s1. The predicted molar refractivity (Wildman–Crippen MR) is 166 cm³/mol. The third kappa shape index (κ3) is 22.8. The summed E-state index contributed by atoms with van der Waals surface area (Å²) < 4.78 is 0. The van der Waals surface area contributed by atoms with Crippen molar-refractivity contribution in [1.82, 2.24) is 10.6 Å². The number of aliphatic hydroxyl groups excluding tert-OH is 1. The number of allylic oxidation sites excluding steroid dienone is 7. The van der Waals surface area contributed by atoms with E-state index in [0.717, 1.165) is 24.6 Å². The van der Waals surface area contributed by atoms with E-state index in [4.69, 9.17) is 21.1 Å². The summed E-state index contributed by atoms with van der Waals surface area (Å²) in [6, 6.07) is -2.45. The first-order chi connectivity index (χ1) is 20.5. The lowest BCUT2D eigenvalue weighted by Crippen LogP contribution is -2.50. The smallest absolute Gasteiger partial charge is 0.322 e.